The van der Waals surface area contributed by atoms with E-state index in [2.05, 4.69) is 22.9 Å². The largest absolute Gasteiger partial charge is 0.398 e. The summed E-state index contributed by atoms with van der Waals surface area (Å²) in [5.41, 5.74) is 6.98. The Morgan fingerprint density at radius 1 is 1.32 bits per heavy atom. The van der Waals surface area contributed by atoms with Crippen LogP contribution in [-0.2, 0) is 10.0 Å². The van der Waals surface area contributed by atoms with Gasteiger partial charge in [-0.2, -0.15) is 4.31 Å². The molecule has 0 saturated carbocycles. The molecular weight excluding hydrogens is 328 g/mol. The van der Waals surface area contributed by atoms with Crippen molar-refractivity contribution in [1.29, 1.82) is 0 Å². The lowest BCUT2D eigenvalue weighted by Gasteiger charge is -2.30. The molecule has 1 aromatic carbocycles. The Bertz CT molecular complexity index is 579. The lowest BCUT2D eigenvalue weighted by molar-refractivity contribution is 0.288. The second kappa shape index (κ2) is 5.42. The van der Waals surface area contributed by atoms with Gasteiger partial charge in [0.1, 0.15) is 0 Å². The third kappa shape index (κ3) is 2.95. The van der Waals surface area contributed by atoms with E-state index in [0.29, 0.717) is 29.6 Å². The lowest BCUT2D eigenvalue weighted by Crippen LogP contribution is -2.38. The molecule has 2 N–H and O–H groups in total. The molecule has 0 bridgehead atoms. The van der Waals surface area contributed by atoms with E-state index in [4.69, 9.17) is 5.73 Å². The van der Waals surface area contributed by atoms with Gasteiger partial charge in [0.25, 0.3) is 0 Å². The van der Waals surface area contributed by atoms with Gasteiger partial charge in [-0.05, 0) is 59.3 Å². The van der Waals surface area contributed by atoms with E-state index in [9.17, 15) is 8.42 Å². The summed E-state index contributed by atoms with van der Waals surface area (Å²) in [6, 6.07) is 3.31. The molecule has 4 nitrogen and oxygen atoms in total. The smallest absolute Gasteiger partial charge is 0.243 e. The van der Waals surface area contributed by atoms with Gasteiger partial charge < -0.3 is 5.73 Å². The van der Waals surface area contributed by atoms with E-state index in [0.717, 1.165) is 22.9 Å². The first-order chi connectivity index (χ1) is 8.82. The maximum Gasteiger partial charge on any atom is 0.243 e. The van der Waals surface area contributed by atoms with Crippen LogP contribution in [0.15, 0.2) is 21.5 Å². The molecule has 0 spiro atoms. The van der Waals surface area contributed by atoms with Gasteiger partial charge in [0, 0.05) is 23.2 Å². The number of piperidine rings is 1. The van der Waals surface area contributed by atoms with Crippen molar-refractivity contribution in [3.05, 3.63) is 22.2 Å². The third-order valence-corrected chi connectivity index (χ3v) is 6.38. The predicted molar refractivity (Wildman–Crippen MR) is 80.4 cm³/mol. The number of nitrogens with two attached hydrogens (primary N) is 1. The third-order valence-electron chi connectivity index (χ3n) is 3.65. The first-order valence-electron chi connectivity index (χ1n) is 6.38. The van der Waals surface area contributed by atoms with Gasteiger partial charge in [-0.1, -0.05) is 6.92 Å². The second-order valence-electron chi connectivity index (χ2n) is 5.23. The molecule has 1 fully saturated rings. The quantitative estimate of drug-likeness (QED) is 0.837. The van der Waals surface area contributed by atoms with Gasteiger partial charge in [-0.15, -0.1) is 0 Å². The van der Waals surface area contributed by atoms with Gasteiger partial charge in [0.2, 0.25) is 10.0 Å². The molecule has 1 saturated heterocycles. The van der Waals surface area contributed by atoms with Gasteiger partial charge in [0.05, 0.1) is 4.90 Å². The molecule has 0 radical (unpaired) electrons. The van der Waals surface area contributed by atoms with E-state index in [1.807, 2.05) is 0 Å². The standard InChI is InChI=1S/C13H19BrN2O2S/c1-9-3-5-16(6-4-9)19(17,18)13-8-12(15)11(14)7-10(13)2/h7-9H,3-6,15H2,1-2H3. The molecule has 1 aliphatic rings. The van der Waals surface area contributed by atoms with Crippen LogP contribution >= 0.6 is 15.9 Å². The molecule has 0 unspecified atom stereocenters. The Morgan fingerprint density at radius 3 is 2.47 bits per heavy atom. The molecule has 106 valence electrons. The predicted octanol–water partition coefficient (Wildman–Crippen LogP) is 2.76. The highest BCUT2D eigenvalue weighted by Crippen LogP contribution is 2.30. The number of benzene rings is 1. The summed E-state index contributed by atoms with van der Waals surface area (Å²) in [7, 11) is -3.42. The fraction of sp³-hybridized carbons (Fsp3) is 0.538. The molecule has 19 heavy (non-hydrogen) atoms. The van der Waals surface area contributed by atoms with Crippen molar-refractivity contribution in [2.24, 2.45) is 5.92 Å². The monoisotopic (exact) mass is 346 g/mol. The Labute approximate surface area is 123 Å². The van der Waals surface area contributed by atoms with Crippen molar-refractivity contribution in [2.45, 2.75) is 31.6 Å². The lowest BCUT2D eigenvalue weighted by atomic mass is 10.0. The molecule has 1 heterocycles. The topological polar surface area (TPSA) is 63.4 Å². The van der Waals surface area contributed by atoms with Crippen molar-refractivity contribution >= 4 is 31.6 Å². The Morgan fingerprint density at radius 2 is 1.89 bits per heavy atom. The minimum Gasteiger partial charge on any atom is -0.398 e. The summed E-state index contributed by atoms with van der Waals surface area (Å²) in [5.74, 6) is 0.600. The summed E-state index contributed by atoms with van der Waals surface area (Å²) in [6.07, 6.45) is 1.84. The fourth-order valence-corrected chi connectivity index (χ4v) is 4.48. The van der Waals surface area contributed by atoms with E-state index in [1.165, 1.54) is 0 Å². The van der Waals surface area contributed by atoms with Gasteiger partial charge in [0.15, 0.2) is 0 Å². The maximum absolute atomic E-state index is 12.6. The van der Waals surface area contributed by atoms with Crippen molar-refractivity contribution in [1.82, 2.24) is 4.31 Å². The molecule has 1 aromatic rings. The van der Waals surface area contributed by atoms with Crippen LogP contribution in [0, 0.1) is 12.8 Å². The molecular formula is C13H19BrN2O2S. The molecule has 0 amide bonds. The SMILES string of the molecule is Cc1cc(Br)c(N)cc1S(=O)(=O)N1CCC(C)CC1. The van der Waals surface area contributed by atoms with Gasteiger partial charge in [-0.3, -0.25) is 0 Å². The van der Waals surface area contributed by atoms with E-state index < -0.39 is 10.0 Å². The summed E-state index contributed by atoms with van der Waals surface area (Å²) in [5, 5.41) is 0. The molecule has 0 atom stereocenters. The number of nitrogen functional groups attached to an aromatic ring is 1. The van der Waals surface area contributed by atoms with Crippen LogP contribution in [0.2, 0.25) is 0 Å². The zero-order chi connectivity index (χ0) is 14.2. The van der Waals surface area contributed by atoms with Crippen LogP contribution < -0.4 is 5.73 Å². The van der Waals surface area contributed by atoms with Crippen LogP contribution in [0.4, 0.5) is 5.69 Å². The van der Waals surface area contributed by atoms with E-state index in [-0.39, 0.29) is 0 Å². The van der Waals surface area contributed by atoms with Crippen molar-refractivity contribution in [3.63, 3.8) is 0 Å². The van der Waals surface area contributed by atoms with Gasteiger partial charge in [-0.25, -0.2) is 8.42 Å². The highest BCUT2D eigenvalue weighted by Gasteiger charge is 2.29. The van der Waals surface area contributed by atoms with Gasteiger partial charge >= 0.3 is 0 Å². The van der Waals surface area contributed by atoms with Crippen molar-refractivity contribution in [2.75, 3.05) is 18.8 Å². The number of hydrogen-bond acceptors (Lipinski definition) is 3. The Hall–Kier alpha value is -0.590. The van der Waals surface area contributed by atoms with E-state index >= 15 is 0 Å². The van der Waals surface area contributed by atoms with Crippen LogP contribution in [0.3, 0.4) is 0 Å². The zero-order valence-corrected chi connectivity index (χ0v) is 13.6. The minimum atomic E-state index is -3.42. The molecule has 0 aromatic heterocycles. The van der Waals surface area contributed by atoms with Crippen LogP contribution in [-0.4, -0.2) is 25.8 Å². The molecule has 2 rings (SSSR count). The number of rotatable bonds is 2. The highest BCUT2D eigenvalue weighted by molar-refractivity contribution is 9.10. The molecule has 0 aliphatic carbocycles. The number of halogens is 1. The fourth-order valence-electron chi connectivity index (χ4n) is 2.31. The van der Waals surface area contributed by atoms with E-state index in [1.54, 1.807) is 23.4 Å². The average molecular weight is 347 g/mol. The number of sulfonamides is 1. The van der Waals surface area contributed by atoms with Crippen molar-refractivity contribution < 1.29 is 8.42 Å². The van der Waals surface area contributed by atoms with Crippen LogP contribution in [0.1, 0.15) is 25.3 Å². The summed E-state index contributed by atoms with van der Waals surface area (Å²) < 4.78 is 27.6. The summed E-state index contributed by atoms with van der Waals surface area (Å²) in [6.45, 7) is 5.15. The zero-order valence-electron chi connectivity index (χ0n) is 11.2. The number of nitrogens with zero attached hydrogens (tertiary/aromatic N) is 1. The van der Waals surface area contributed by atoms with Crippen molar-refractivity contribution in [3.8, 4) is 0 Å². The summed E-state index contributed by atoms with van der Waals surface area (Å²) >= 11 is 3.32. The molecule has 1 aliphatic heterocycles. The number of aryl methyl sites for hydroxylation is 1. The number of anilines is 1. The van der Waals surface area contributed by atoms with Crippen LogP contribution in [0.25, 0.3) is 0 Å². The normalized spacial score (nSPS) is 18.7. The Balaban J connectivity index is 2.37. The molecule has 6 heteroatoms. The minimum absolute atomic E-state index is 0.322. The van der Waals surface area contributed by atoms with Crippen LogP contribution in [0.5, 0.6) is 0 Å². The first kappa shape index (κ1) is 14.8. The maximum atomic E-state index is 12.6. The highest BCUT2D eigenvalue weighted by atomic mass is 79.9. The second-order valence-corrected chi connectivity index (χ2v) is 7.99. The first-order valence-corrected chi connectivity index (χ1v) is 8.61. The number of hydrogen-bond donors (Lipinski definition) is 1. The Kier molecular flexibility index (Phi) is 4.23. The summed E-state index contributed by atoms with van der Waals surface area (Å²) in [4.78, 5) is 0.322. The average Bonchev–Trinajstić information content (AvgIpc) is 2.34.